The second-order valence-electron chi connectivity index (χ2n) is 4.89. The minimum absolute atomic E-state index is 0.0113. The van der Waals surface area contributed by atoms with Gasteiger partial charge in [-0.25, -0.2) is 4.98 Å². The Labute approximate surface area is 139 Å². The number of nitrogens with zero attached hydrogens (tertiary/aromatic N) is 1. The van der Waals surface area contributed by atoms with Gasteiger partial charge in [0.15, 0.2) is 0 Å². The van der Waals surface area contributed by atoms with Crippen LogP contribution in [-0.4, -0.2) is 30.4 Å². The van der Waals surface area contributed by atoms with E-state index in [1.807, 2.05) is 13.0 Å². The summed E-state index contributed by atoms with van der Waals surface area (Å²) in [7, 11) is 1.56. The summed E-state index contributed by atoms with van der Waals surface area (Å²) in [6, 6.07) is 8.66. The number of aromatic nitrogens is 1. The Kier molecular flexibility index (Phi) is 5.54. The number of nitrogens with one attached hydrogen (secondary N) is 3. The molecule has 2 aromatic rings. The van der Waals surface area contributed by atoms with Crippen LogP contribution >= 0.6 is 11.6 Å². The Bertz CT molecular complexity index is 717. The molecule has 0 saturated carbocycles. The van der Waals surface area contributed by atoms with E-state index >= 15 is 0 Å². The van der Waals surface area contributed by atoms with Gasteiger partial charge in [0.05, 0.1) is 17.1 Å². The van der Waals surface area contributed by atoms with Crippen molar-refractivity contribution in [3.8, 4) is 0 Å². The van der Waals surface area contributed by atoms with Crippen LogP contribution < -0.4 is 16.0 Å². The second-order valence-corrected chi connectivity index (χ2v) is 5.33. The third-order valence-corrected chi connectivity index (χ3v) is 3.30. The van der Waals surface area contributed by atoms with E-state index in [4.69, 9.17) is 11.6 Å². The molecule has 0 spiro atoms. The van der Waals surface area contributed by atoms with E-state index in [1.165, 1.54) is 6.20 Å². The highest BCUT2D eigenvalue weighted by atomic mass is 35.5. The minimum atomic E-state index is -0.275. The Balaban J connectivity index is 2.01. The molecule has 0 unspecified atom stereocenters. The highest BCUT2D eigenvalue weighted by Gasteiger charge is 2.11. The summed E-state index contributed by atoms with van der Waals surface area (Å²) in [5.41, 5.74) is 2.04. The molecule has 0 aliphatic rings. The van der Waals surface area contributed by atoms with Gasteiger partial charge in [-0.05, 0) is 31.2 Å². The van der Waals surface area contributed by atoms with E-state index in [0.29, 0.717) is 22.1 Å². The first-order chi connectivity index (χ1) is 11.0. The van der Waals surface area contributed by atoms with Crippen LogP contribution in [-0.2, 0) is 4.79 Å². The lowest BCUT2D eigenvalue weighted by molar-refractivity contribution is -0.114. The van der Waals surface area contributed by atoms with Gasteiger partial charge >= 0.3 is 0 Å². The molecule has 2 amide bonds. The molecule has 0 fully saturated rings. The number of anilines is 2. The molecule has 0 bridgehead atoms. The molecule has 0 atom stereocenters. The van der Waals surface area contributed by atoms with E-state index in [2.05, 4.69) is 20.9 Å². The number of carbonyl (C=O) groups excluding carboxylic acids is 2. The van der Waals surface area contributed by atoms with Crippen molar-refractivity contribution in [2.45, 2.75) is 6.92 Å². The number of hydrogen-bond acceptors (Lipinski definition) is 4. The number of amides is 2. The van der Waals surface area contributed by atoms with Gasteiger partial charge in [0.25, 0.3) is 5.91 Å². The summed E-state index contributed by atoms with van der Waals surface area (Å²) in [5, 5.41) is 8.68. The van der Waals surface area contributed by atoms with E-state index in [1.54, 1.807) is 31.3 Å². The van der Waals surface area contributed by atoms with Crippen molar-refractivity contribution in [1.82, 2.24) is 10.3 Å². The monoisotopic (exact) mass is 332 g/mol. The maximum Gasteiger partial charge on any atom is 0.253 e. The zero-order valence-electron chi connectivity index (χ0n) is 12.8. The molecular formula is C16H17ClN4O2. The Morgan fingerprint density at radius 3 is 2.65 bits per heavy atom. The lowest BCUT2D eigenvalue weighted by Crippen LogP contribution is -2.25. The lowest BCUT2D eigenvalue weighted by atomic mass is 10.1. The first kappa shape index (κ1) is 16.8. The molecule has 120 valence electrons. The molecule has 2 rings (SSSR count). The summed E-state index contributed by atoms with van der Waals surface area (Å²) in [6.07, 6.45) is 1.45. The highest BCUT2D eigenvalue weighted by molar-refractivity contribution is 6.30. The average molecular weight is 333 g/mol. The SMILES string of the molecule is CNC(=O)c1cc(C)ccc1NCC(=O)Nc1ccc(Cl)cn1. The summed E-state index contributed by atoms with van der Waals surface area (Å²) < 4.78 is 0. The Morgan fingerprint density at radius 1 is 1.22 bits per heavy atom. The molecule has 0 radical (unpaired) electrons. The molecule has 1 heterocycles. The highest BCUT2D eigenvalue weighted by Crippen LogP contribution is 2.17. The van der Waals surface area contributed by atoms with Crippen molar-refractivity contribution in [3.05, 3.63) is 52.7 Å². The summed E-state index contributed by atoms with van der Waals surface area (Å²) in [4.78, 5) is 27.8. The van der Waals surface area contributed by atoms with Crippen molar-refractivity contribution in [2.75, 3.05) is 24.2 Å². The van der Waals surface area contributed by atoms with Gasteiger partial charge in [-0.2, -0.15) is 0 Å². The quantitative estimate of drug-likeness (QED) is 0.785. The van der Waals surface area contributed by atoms with Crippen LogP contribution in [0.1, 0.15) is 15.9 Å². The first-order valence-corrected chi connectivity index (χ1v) is 7.35. The molecule has 0 aliphatic heterocycles. The van der Waals surface area contributed by atoms with Crippen molar-refractivity contribution < 1.29 is 9.59 Å². The van der Waals surface area contributed by atoms with Crippen molar-refractivity contribution in [1.29, 1.82) is 0 Å². The van der Waals surface area contributed by atoms with Crippen LogP contribution in [0.15, 0.2) is 36.5 Å². The van der Waals surface area contributed by atoms with Gasteiger partial charge in [0.2, 0.25) is 5.91 Å². The third kappa shape index (κ3) is 4.69. The number of rotatable bonds is 5. The largest absolute Gasteiger partial charge is 0.375 e. The number of aryl methyl sites for hydroxylation is 1. The van der Waals surface area contributed by atoms with Crippen LogP contribution in [0, 0.1) is 6.92 Å². The third-order valence-electron chi connectivity index (χ3n) is 3.08. The molecule has 0 aliphatic carbocycles. The zero-order valence-corrected chi connectivity index (χ0v) is 13.6. The number of benzene rings is 1. The zero-order chi connectivity index (χ0) is 16.8. The van der Waals surface area contributed by atoms with Crippen LogP contribution in [0.2, 0.25) is 5.02 Å². The normalized spacial score (nSPS) is 10.0. The number of halogens is 1. The summed E-state index contributed by atoms with van der Waals surface area (Å²) >= 11 is 5.74. The predicted molar refractivity (Wildman–Crippen MR) is 90.9 cm³/mol. The van der Waals surface area contributed by atoms with Crippen molar-refractivity contribution in [3.63, 3.8) is 0 Å². The maximum absolute atomic E-state index is 11.9. The van der Waals surface area contributed by atoms with Crippen LogP contribution in [0.4, 0.5) is 11.5 Å². The second kappa shape index (κ2) is 7.60. The van der Waals surface area contributed by atoms with E-state index in [0.717, 1.165) is 5.56 Å². The number of hydrogen-bond donors (Lipinski definition) is 3. The van der Waals surface area contributed by atoms with Gasteiger partial charge in [0, 0.05) is 18.9 Å². The Hall–Kier alpha value is -2.60. The van der Waals surface area contributed by atoms with Crippen LogP contribution in [0.25, 0.3) is 0 Å². The van der Waals surface area contributed by atoms with E-state index < -0.39 is 0 Å². The van der Waals surface area contributed by atoms with Gasteiger partial charge in [-0.15, -0.1) is 0 Å². The number of pyridine rings is 1. The fourth-order valence-electron chi connectivity index (χ4n) is 1.95. The first-order valence-electron chi connectivity index (χ1n) is 6.97. The van der Waals surface area contributed by atoms with Crippen LogP contribution in [0.3, 0.4) is 0 Å². The van der Waals surface area contributed by atoms with Crippen LogP contribution in [0.5, 0.6) is 0 Å². The minimum Gasteiger partial charge on any atom is -0.375 e. The standard InChI is InChI=1S/C16H17ClN4O2/c1-10-3-5-13(12(7-10)16(23)18-2)19-9-15(22)21-14-6-4-11(17)8-20-14/h3-8,19H,9H2,1-2H3,(H,18,23)(H,20,21,22). The molecule has 6 nitrogen and oxygen atoms in total. The maximum atomic E-state index is 11.9. The summed E-state index contributed by atoms with van der Waals surface area (Å²) in [5.74, 6) is -0.0733. The summed E-state index contributed by atoms with van der Waals surface area (Å²) in [6.45, 7) is 1.91. The predicted octanol–water partition coefficient (Wildman–Crippen LogP) is 2.45. The van der Waals surface area contributed by atoms with Crippen molar-refractivity contribution >= 4 is 34.9 Å². The molecule has 1 aromatic carbocycles. The van der Waals surface area contributed by atoms with Crippen molar-refractivity contribution in [2.24, 2.45) is 0 Å². The molecular weight excluding hydrogens is 316 g/mol. The molecule has 1 aromatic heterocycles. The van der Waals surface area contributed by atoms with Gasteiger partial charge in [-0.1, -0.05) is 23.2 Å². The van der Waals surface area contributed by atoms with E-state index in [-0.39, 0.29) is 18.4 Å². The molecule has 0 saturated heterocycles. The fourth-order valence-corrected chi connectivity index (χ4v) is 2.06. The average Bonchev–Trinajstić information content (AvgIpc) is 2.55. The van der Waals surface area contributed by atoms with E-state index in [9.17, 15) is 9.59 Å². The molecule has 3 N–H and O–H groups in total. The molecule has 23 heavy (non-hydrogen) atoms. The number of carbonyl (C=O) groups is 2. The van der Waals surface area contributed by atoms with Gasteiger partial charge in [0.1, 0.15) is 5.82 Å². The topological polar surface area (TPSA) is 83.1 Å². The Morgan fingerprint density at radius 2 is 2.00 bits per heavy atom. The molecule has 7 heteroatoms. The van der Waals surface area contributed by atoms with Gasteiger partial charge in [-0.3, -0.25) is 9.59 Å². The lowest BCUT2D eigenvalue weighted by Gasteiger charge is -2.12. The smallest absolute Gasteiger partial charge is 0.253 e. The van der Waals surface area contributed by atoms with Gasteiger partial charge < -0.3 is 16.0 Å². The fraction of sp³-hybridized carbons (Fsp3) is 0.188.